The largest absolute Gasteiger partial charge is 0.325 e. The molecule has 1 fully saturated rings. The first-order valence-corrected chi connectivity index (χ1v) is 4.87. The monoisotopic (exact) mass is 196 g/mol. The third-order valence-corrected chi connectivity index (χ3v) is 3.07. The smallest absolute Gasteiger partial charge is 0.220 e. The van der Waals surface area contributed by atoms with Gasteiger partial charge in [-0.3, -0.25) is 10.2 Å². The lowest BCUT2D eigenvalue weighted by Gasteiger charge is -2.44. The lowest BCUT2D eigenvalue weighted by atomic mass is 10.1. The van der Waals surface area contributed by atoms with Gasteiger partial charge in [0.05, 0.1) is 6.67 Å². The highest BCUT2D eigenvalue weighted by atomic mass is 16.2. The van der Waals surface area contributed by atoms with E-state index in [1.807, 2.05) is 11.8 Å². The summed E-state index contributed by atoms with van der Waals surface area (Å²) in [5.41, 5.74) is 3.03. The molecule has 2 rings (SSSR count). The molecular formula is C9H16N4O. The first-order valence-electron chi connectivity index (χ1n) is 4.87. The van der Waals surface area contributed by atoms with Crippen molar-refractivity contribution < 1.29 is 4.79 Å². The molecule has 0 aromatic rings. The molecule has 0 aromatic carbocycles. The minimum atomic E-state index is -0.0873. The molecule has 5 nitrogen and oxygen atoms in total. The predicted octanol–water partition coefficient (Wildman–Crippen LogP) is 0.151. The van der Waals surface area contributed by atoms with E-state index < -0.39 is 0 Å². The maximum absolute atomic E-state index is 11.2. The zero-order valence-corrected chi connectivity index (χ0v) is 8.87. The van der Waals surface area contributed by atoms with Crippen LogP contribution in [0.4, 0.5) is 0 Å². The van der Waals surface area contributed by atoms with Crippen LogP contribution in [0.2, 0.25) is 0 Å². The molecule has 1 atom stereocenters. The van der Waals surface area contributed by atoms with Gasteiger partial charge in [0.15, 0.2) is 0 Å². The minimum absolute atomic E-state index is 0.0873. The highest BCUT2D eigenvalue weighted by Crippen LogP contribution is 2.26. The van der Waals surface area contributed by atoms with Gasteiger partial charge in [-0.1, -0.05) is 0 Å². The number of fused-ring (bicyclic) bond motifs is 1. The lowest BCUT2D eigenvalue weighted by molar-refractivity contribution is -0.134. The first kappa shape index (κ1) is 9.30. The van der Waals surface area contributed by atoms with Crippen molar-refractivity contribution in [2.45, 2.75) is 32.9 Å². The number of amides is 1. The van der Waals surface area contributed by atoms with Gasteiger partial charge >= 0.3 is 0 Å². The van der Waals surface area contributed by atoms with Crippen LogP contribution in [0.3, 0.4) is 0 Å². The van der Waals surface area contributed by atoms with Gasteiger partial charge in [0.1, 0.15) is 11.5 Å². The van der Waals surface area contributed by atoms with E-state index in [0.717, 1.165) is 18.8 Å². The van der Waals surface area contributed by atoms with E-state index in [4.69, 9.17) is 0 Å². The summed E-state index contributed by atoms with van der Waals surface area (Å²) in [5.74, 6) is 1.09. The van der Waals surface area contributed by atoms with Gasteiger partial charge in [-0.2, -0.15) is 5.10 Å². The summed E-state index contributed by atoms with van der Waals surface area (Å²) in [6.45, 7) is 7.14. The third kappa shape index (κ3) is 1.23. The maximum atomic E-state index is 11.2. The summed E-state index contributed by atoms with van der Waals surface area (Å²) in [6.07, 6.45) is 0.910. The summed E-state index contributed by atoms with van der Waals surface area (Å²) in [7, 11) is 0. The van der Waals surface area contributed by atoms with Crippen molar-refractivity contribution in [1.29, 1.82) is 0 Å². The van der Waals surface area contributed by atoms with Crippen LogP contribution in [0.15, 0.2) is 5.10 Å². The molecule has 0 radical (unpaired) electrons. The number of hydrazone groups is 1. The molecule has 1 unspecified atom stereocenters. The van der Waals surface area contributed by atoms with E-state index in [1.54, 1.807) is 6.92 Å². The van der Waals surface area contributed by atoms with Crippen molar-refractivity contribution in [2.75, 3.05) is 13.2 Å². The number of hydrogen-bond acceptors (Lipinski definition) is 4. The molecule has 0 aliphatic carbocycles. The van der Waals surface area contributed by atoms with E-state index in [-0.39, 0.29) is 11.6 Å². The Bertz CT molecular complexity index is 301. The molecule has 2 aliphatic heterocycles. The standard InChI is InChI=1S/C9H16N4O/c1-7-10-11-9(3)4-5-12(8(2)14)6-13(7)9/h11H,4-6H2,1-3H3. The van der Waals surface area contributed by atoms with Crippen molar-refractivity contribution in [1.82, 2.24) is 15.2 Å². The fraction of sp³-hybridized carbons (Fsp3) is 0.778. The van der Waals surface area contributed by atoms with E-state index >= 15 is 0 Å². The average molecular weight is 196 g/mol. The van der Waals surface area contributed by atoms with Crippen LogP contribution in [0.25, 0.3) is 0 Å². The molecule has 1 saturated heterocycles. The van der Waals surface area contributed by atoms with Crippen LogP contribution in [0, 0.1) is 0 Å². The number of nitrogens with zero attached hydrogens (tertiary/aromatic N) is 3. The van der Waals surface area contributed by atoms with Crippen LogP contribution < -0.4 is 5.43 Å². The summed E-state index contributed by atoms with van der Waals surface area (Å²) in [4.78, 5) is 15.2. The van der Waals surface area contributed by atoms with Crippen molar-refractivity contribution in [3.63, 3.8) is 0 Å². The molecule has 0 aromatic heterocycles. The Kier molecular flexibility index (Phi) is 1.90. The molecule has 0 spiro atoms. The number of nitrogens with one attached hydrogen (secondary N) is 1. The third-order valence-electron chi connectivity index (χ3n) is 3.07. The molecule has 2 aliphatic rings. The van der Waals surface area contributed by atoms with Gasteiger partial charge in [-0.15, -0.1) is 0 Å². The van der Waals surface area contributed by atoms with Crippen LogP contribution in [0.5, 0.6) is 0 Å². The van der Waals surface area contributed by atoms with Gasteiger partial charge in [0.25, 0.3) is 0 Å². The quantitative estimate of drug-likeness (QED) is 0.600. The Morgan fingerprint density at radius 2 is 2.36 bits per heavy atom. The fourth-order valence-corrected chi connectivity index (χ4v) is 1.98. The molecule has 1 N–H and O–H groups in total. The van der Waals surface area contributed by atoms with Crippen molar-refractivity contribution in [3.8, 4) is 0 Å². The van der Waals surface area contributed by atoms with Gasteiger partial charge in [-0.05, 0) is 13.8 Å². The van der Waals surface area contributed by atoms with Crippen molar-refractivity contribution in [3.05, 3.63) is 0 Å². The summed E-state index contributed by atoms with van der Waals surface area (Å²) in [6, 6.07) is 0. The Labute approximate surface area is 83.7 Å². The van der Waals surface area contributed by atoms with Crippen LogP contribution >= 0.6 is 0 Å². The molecule has 1 amide bonds. The van der Waals surface area contributed by atoms with Crippen molar-refractivity contribution >= 4 is 11.7 Å². The topological polar surface area (TPSA) is 47.9 Å². The molecule has 78 valence electrons. The number of carbonyl (C=O) groups is 1. The van der Waals surface area contributed by atoms with Gasteiger partial charge in [0.2, 0.25) is 5.91 Å². The SMILES string of the molecule is CC(=O)N1CCC2(C)NN=C(C)N2C1. The number of carbonyl (C=O) groups excluding carboxylic acids is 1. The zero-order valence-electron chi connectivity index (χ0n) is 8.87. The minimum Gasteiger partial charge on any atom is -0.325 e. The summed E-state index contributed by atoms with van der Waals surface area (Å²) in [5, 5.41) is 4.20. The van der Waals surface area contributed by atoms with Gasteiger partial charge in [-0.25, -0.2) is 0 Å². The number of hydrogen-bond donors (Lipinski definition) is 1. The summed E-state index contributed by atoms with van der Waals surface area (Å²) >= 11 is 0. The fourth-order valence-electron chi connectivity index (χ4n) is 1.98. The molecule has 2 heterocycles. The van der Waals surface area contributed by atoms with Crippen molar-refractivity contribution in [2.24, 2.45) is 5.10 Å². The van der Waals surface area contributed by atoms with E-state index in [1.165, 1.54) is 0 Å². The normalized spacial score (nSPS) is 30.9. The maximum Gasteiger partial charge on any atom is 0.220 e. The molecule has 5 heteroatoms. The Balaban J connectivity index is 2.15. The first-order chi connectivity index (χ1) is 6.53. The number of rotatable bonds is 0. The van der Waals surface area contributed by atoms with Gasteiger partial charge < -0.3 is 9.80 Å². The molecule has 14 heavy (non-hydrogen) atoms. The second kappa shape index (κ2) is 2.87. The second-order valence-corrected chi connectivity index (χ2v) is 4.15. The predicted molar refractivity (Wildman–Crippen MR) is 53.4 cm³/mol. The average Bonchev–Trinajstić information content (AvgIpc) is 2.42. The van der Waals surface area contributed by atoms with E-state index in [9.17, 15) is 4.79 Å². The summed E-state index contributed by atoms with van der Waals surface area (Å²) < 4.78 is 0. The van der Waals surface area contributed by atoms with Crippen LogP contribution in [-0.2, 0) is 4.79 Å². The lowest BCUT2D eigenvalue weighted by Crippen LogP contribution is -2.61. The number of amidine groups is 1. The van der Waals surface area contributed by atoms with E-state index in [0.29, 0.717) is 6.67 Å². The highest BCUT2D eigenvalue weighted by Gasteiger charge is 2.41. The molecule has 0 saturated carbocycles. The second-order valence-electron chi connectivity index (χ2n) is 4.15. The Hall–Kier alpha value is -1.26. The Morgan fingerprint density at radius 1 is 1.64 bits per heavy atom. The highest BCUT2D eigenvalue weighted by molar-refractivity contribution is 5.82. The Morgan fingerprint density at radius 3 is 3.00 bits per heavy atom. The van der Waals surface area contributed by atoms with Gasteiger partial charge in [0, 0.05) is 19.9 Å². The van der Waals surface area contributed by atoms with E-state index in [2.05, 4.69) is 22.4 Å². The van der Waals surface area contributed by atoms with Crippen LogP contribution in [0.1, 0.15) is 27.2 Å². The van der Waals surface area contributed by atoms with Crippen LogP contribution in [-0.4, -0.2) is 40.4 Å². The molecular weight excluding hydrogens is 180 g/mol. The zero-order chi connectivity index (χ0) is 10.3. The molecule has 0 bridgehead atoms.